The first-order valence-corrected chi connectivity index (χ1v) is 9.85. The van der Waals surface area contributed by atoms with Gasteiger partial charge in [0.2, 0.25) is 11.7 Å². The molecule has 31 heavy (non-hydrogen) atoms. The fraction of sp³-hybridized carbons (Fsp3) is 0.182. The van der Waals surface area contributed by atoms with E-state index in [9.17, 15) is 4.79 Å². The molecule has 0 aliphatic carbocycles. The molecule has 4 aromatic rings. The van der Waals surface area contributed by atoms with E-state index in [1.54, 1.807) is 38.5 Å². The van der Waals surface area contributed by atoms with E-state index in [0.29, 0.717) is 45.9 Å². The fourth-order valence-electron chi connectivity index (χ4n) is 3.11. The molecule has 2 aromatic carbocycles. The summed E-state index contributed by atoms with van der Waals surface area (Å²) in [6.45, 7) is 0.289. The Balaban J connectivity index is 1.54. The van der Waals surface area contributed by atoms with Gasteiger partial charge < -0.3 is 14.0 Å². The quantitative estimate of drug-likeness (QED) is 0.432. The largest absolute Gasteiger partial charge is 0.493 e. The highest BCUT2D eigenvalue weighted by Gasteiger charge is 2.17. The average molecular weight is 439 g/mol. The summed E-state index contributed by atoms with van der Waals surface area (Å²) < 4.78 is 17.5. The van der Waals surface area contributed by atoms with Crippen LogP contribution in [0.2, 0.25) is 5.02 Å². The summed E-state index contributed by atoms with van der Waals surface area (Å²) in [7, 11) is 3.11. The van der Waals surface area contributed by atoms with Gasteiger partial charge in [-0.2, -0.15) is 10.1 Å². The smallest absolute Gasteiger partial charge is 0.266 e. The van der Waals surface area contributed by atoms with Crippen molar-refractivity contribution >= 4 is 11.6 Å². The van der Waals surface area contributed by atoms with Gasteiger partial charge in [-0.1, -0.05) is 35.0 Å². The minimum absolute atomic E-state index is 0.216. The van der Waals surface area contributed by atoms with Crippen molar-refractivity contribution in [1.82, 2.24) is 19.9 Å². The highest BCUT2D eigenvalue weighted by molar-refractivity contribution is 6.30. The Morgan fingerprint density at radius 3 is 2.58 bits per heavy atom. The first kappa shape index (κ1) is 20.6. The molecule has 0 unspecified atom stereocenters. The molecule has 0 aliphatic rings. The molecule has 0 aliphatic heterocycles. The summed E-state index contributed by atoms with van der Waals surface area (Å²) in [4.78, 5) is 16.7. The predicted octanol–water partition coefficient (Wildman–Crippen LogP) is 3.87. The summed E-state index contributed by atoms with van der Waals surface area (Å²) in [6.07, 6.45) is 0.344. The fourth-order valence-corrected chi connectivity index (χ4v) is 3.24. The number of benzene rings is 2. The van der Waals surface area contributed by atoms with Crippen LogP contribution in [0.15, 0.2) is 63.9 Å². The minimum atomic E-state index is -0.216. The van der Waals surface area contributed by atoms with Crippen LogP contribution in [0, 0.1) is 0 Å². The Morgan fingerprint density at radius 2 is 1.84 bits per heavy atom. The second-order valence-electron chi connectivity index (χ2n) is 6.59. The molecule has 0 spiro atoms. The summed E-state index contributed by atoms with van der Waals surface area (Å²) in [5, 5.41) is 9.11. The number of aryl methyl sites for hydroxylation is 2. The normalized spacial score (nSPS) is 10.8. The van der Waals surface area contributed by atoms with E-state index in [1.807, 2.05) is 24.3 Å². The lowest BCUT2D eigenvalue weighted by Gasteiger charge is -2.09. The van der Waals surface area contributed by atoms with Crippen LogP contribution in [-0.4, -0.2) is 34.1 Å². The number of aromatic nitrogens is 4. The van der Waals surface area contributed by atoms with Gasteiger partial charge in [0, 0.05) is 23.1 Å². The second kappa shape index (κ2) is 9.01. The van der Waals surface area contributed by atoms with Gasteiger partial charge in [-0.25, -0.2) is 4.68 Å². The van der Waals surface area contributed by atoms with E-state index in [2.05, 4.69) is 15.2 Å². The van der Waals surface area contributed by atoms with Gasteiger partial charge in [-0.3, -0.25) is 4.79 Å². The molecule has 2 heterocycles. The molecule has 0 bridgehead atoms. The van der Waals surface area contributed by atoms with Crippen LogP contribution in [0.1, 0.15) is 5.89 Å². The monoisotopic (exact) mass is 438 g/mol. The Kier molecular flexibility index (Phi) is 5.99. The molecule has 0 amide bonds. The van der Waals surface area contributed by atoms with E-state index in [0.717, 1.165) is 5.56 Å². The molecule has 0 radical (unpaired) electrons. The van der Waals surface area contributed by atoms with Gasteiger partial charge >= 0.3 is 0 Å². The number of para-hydroxylation sites is 1. The number of hydrogen-bond donors (Lipinski definition) is 0. The zero-order chi connectivity index (χ0) is 21.8. The molecule has 0 saturated carbocycles. The topological polar surface area (TPSA) is 92.3 Å². The van der Waals surface area contributed by atoms with E-state index < -0.39 is 0 Å². The van der Waals surface area contributed by atoms with Crippen molar-refractivity contribution in [1.29, 1.82) is 0 Å². The highest BCUT2D eigenvalue weighted by Crippen LogP contribution is 2.36. The number of ether oxygens (including phenoxy) is 2. The van der Waals surface area contributed by atoms with Gasteiger partial charge in [0.15, 0.2) is 11.5 Å². The Hall–Kier alpha value is -3.65. The van der Waals surface area contributed by atoms with Crippen molar-refractivity contribution in [3.05, 3.63) is 75.9 Å². The Bertz CT molecular complexity index is 1250. The van der Waals surface area contributed by atoms with Crippen LogP contribution in [0.25, 0.3) is 22.6 Å². The molecular formula is C22H19ClN4O4. The maximum Gasteiger partial charge on any atom is 0.266 e. The van der Waals surface area contributed by atoms with E-state index >= 15 is 0 Å². The maximum absolute atomic E-state index is 12.2. The molecule has 9 heteroatoms. The van der Waals surface area contributed by atoms with Crippen molar-refractivity contribution in [2.45, 2.75) is 13.0 Å². The third-order valence-electron chi connectivity index (χ3n) is 4.66. The van der Waals surface area contributed by atoms with Crippen LogP contribution in [-0.2, 0) is 13.0 Å². The molecule has 0 atom stereocenters. The van der Waals surface area contributed by atoms with Crippen molar-refractivity contribution in [3.8, 4) is 34.1 Å². The third kappa shape index (κ3) is 4.44. The number of halogens is 1. The van der Waals surface area contributed by atoms with Crippen LogP contribution in [0.4, 0.5) is 0 Å². The predicted molar refractivity (Wildman–Crippen MR) is 115 cm³/mol. The van der Waals surface area contributed by atoms with Crippen LogP contribution in [0.3, 0.4) is 0 Å². The second-order valence-corrected chi connectivity index (χ2v) is 7.03. The van der Waals surface area contributed by atoms with Crippen LogP contribution < -0.4 is 15.0 Å². The molecule has 4 rings (SSSR count). The van der Waals surface area contributed by atoms with E-state index in [1.165, 1.54) is 10.7 Å². The summed E-state index contributed by atoms with van der Waals surface area (Å²) >= 11 is 5.94. The maximum atomic E-state index is 12.2. The molecular weight excluding hydrogens is 420 g/mol. The van der Waals surface area contributed by atoms with E-state index in [-0.39, 0.29) is 12.1 Å². The van der Waals surface area contributed by atoms with Crippen molar-refractivity contribution in [2.75, 3.05) is 14.2 Å². The van der Waals surface area contributed by atoms with Crippen LogP contribution in [0.5, 0.6) is 11.5 Å². The molecule has 2 aromatic heterocycles. The number of hydrogen-bond acceptors (Lipinski definition) is 7. The number of methoxy groups -OCH3 is 2. The van der Waals surface area contributed by atoms with Crippen molar-refractivity contribution < 1.29 is 14.0 Å². The van der Waals surface area contributed by atoms with Crippen molar-refractivity contribution in [2.24, 2.45) is 0 Å². The van der Waals surface area contributed by atoms with Crippen LogP contribution >= 0.6 is 11.6 Å². The summed E-state index contributed by atoms with van der Waals surface area (Å²) in [5.74, 6) is 1.85. The molecule has 0 fully saturated rings. The number of nitrogens with zero attached hydrogens (tertiary/aromatic N) is 4. The van der Waals surface area contributed by atoms with Gasteiger partial charge in [-0.15, -0.1) is 0 Å². The first-order chi connectivity index (χ1) is 15.1. The molecule has 0 saturated heterocycles. The van der Waals surface area contributed by atoms with Gasteiger partial charge in [0.1, 0.15) is 0 Å². The Labute approximate surface area is 183 Å². The zero-order valence-corrected chi connectivity index (χ0v) is 17.7. The lowest BCUT2D eigenvalue weighted by molar-refractivity contribution is 0.354. The van der Waals surface area contributed by atoms with Gasteiger partial charge in [0.05, 0.1) is 32.0 Å². The summed E-state index contributed by atoms with van der Waals surface area (Å²) in [6, 6.07) is 15.8. The third-order valence-corrected chi connectivity index (χ3v) is 4.91. The first-order valence-electron chi connectivity index (χ1n) is 9.47. The summed E-state index contributed by atoms with van der Waals surface area (Å²) in [5.41, 5.74) is 1.97. The standard InChI is InChI=1S/C22H19ClN4O4/c1-29-18-5-3-4-16(21(18)30-2)22-24-19(31-26-22)12-13-27-20(28)11-10-17(25-27)14-6-8-15(23)9-7-14/h3-11H,12-13H2,1-2H3. The van der Waals surface area contributed by atoms with Gasteiger partial charge in [-0.05, 0) is 30.3 Å². The molecule has 158 valence electrons. The zero-order valence-electron chi connectivity index (χ0n) is 16.9. The Morgan fingerprint density at radius 1 is 1.03 bits per heavy atom. The van der Waals surface area contributed by atoms with Crippen molar-refractivity contribution in [3.63, 3.8) is 0 Å². The highest BCUT2D eigenvalue weighted by atomic mass is 35.5. The average Bonchev–Trinajstić information content (AvgIpc) is 3.27. The number of rotatable bonds is 7. The molecule has 0 N–H and O–H groups in total. The van der Waals surface area contributed by atoms with Gasteiger partial charge in [0.25, 0.3) is 5.56 Å². The SMILES string of the molecule is COc1cccc(-c2noc(CCn3nc(-c4ccc(Cl)cc4)ccc3=O)n2)c1OC. The molecule has 8 nitrogen and oxygen atoms in total. The lowest BCUT2D eigenvalue weighted by atomic mass is 10.1. The van der Waals surface area contributed by atoms with E-state index in [4.69, 9.17) is 25.6 Å². The lowest BCUT2D eigenvalue weighted by Crippen LogP contribution is -2.23. The minimum Gasteiger partial charge on any atom is -0.493 e.